The first kappa shape index (κ1) is 16.8. The lowest BCUT2D eigenvalue weighted by molar-refractivity contribution is -0.117. The van der Waals surface area contributed by atoms with Crippen molar-refractivity contribution >= 4 is 29.1 Å². The predicted octanol–water partition coefficient (Wildman–Crippen LogP) is 2.50. The van der Waals surface area contributed by atoms with Crippen LogP contribution in [0.3, 0.4) is 0 Å². The number of nitrogens with zero attached hydrogens (tertiary/aromatic N) is 4. The van der Waals surface area contributed by atoms with Gasteiger partial charge in [0.25, 0.3) is 0 Å². The summed E-state index contributed by atoms with van der Waals surface area (Å²) in [5.74, 6) is 1.28. The van der Waals surface area contributed by atoms with E-state index in [0.29, 0.717) is 31.3 Å². The second-order valence-corrected chi connectivity index (χ2v) is 6.96. The van der Waals surface area contributed by atoms with E-state index in [2.05, 4.69) is 4.99 Å². The van der Waals surface area contributed by atoms with Crippen LogP contribution in [0.5, 0.6) is 5.75 Å². The molecule has 0 fully saturated rings. The van der Waals surface area contributed by atoms with Crippen molar-refractivity contribution in [1.29, 1.82) is 0 Å². The number of para-hydroxylation sites is 3. The van der Waals surface area contributed by atoms with Crippen molar-refractivity contribution < 1.29 is 14.3 Å². The van der Waals surface area contributed by atoms with Crippen molar-refractivity contribution in [1.82, 2.24) is 4.90 Å². The Labute approximate surface area is 162 Å². The van der Waals surface area contributed by atoms with Gasteiger partial charge in [-0.3, -0.25) is 19.6 Å². The number of amides is 3. The minimum atomic E-state index is -0.188. The molecule has 2 aromatic carbocycles. The van der Waals surface area contributed by atoms with Crippen molar-refractivity contribution in [2.24, 2.45) is 4.99 Å². The highest BCUT2D eigenvalue weighted by Crippen LogP contribution is 2.33. The molecule has 0 spiro atoms. The third-order valence-corrected chi connectivity index (χ3v) is 5.28. The van der Waals surface area contributed by atoms with Crippen molar-refractivity contribution in [2.45, 2.75) is 6.42 Å². The zero-order valence-corrected chi connectivity index (χ0v) is 15.4. The lowest BCUT2D eigenvalue weighted by Crippen LogP contribution is -2.56. The summed E-state index contributed by atoms with van der Waals surface area (Å²) in [5.41, 5.74) is 2.38. The monoisotopic (exact) mass is 376 g/mol. The van der Waals surface area contributed by atoms with Crippen molar-refractivity contribution in [3.63, 3.8) is 0 Å². The molecule has 0 aromatic heterocycles. The maximum atomic E-state index is 13.2. The third-order valence-electron chi connectivity index (χ3n) is 5.28. The van der Waals surface area contributed by atoms with Crippen LogP contribution in [-0.2, 0) is 4.79 Å². The van der Waals surface area contributed by atoms with Gasteiger partial charge in [0.15, 0.2) is 0 Å². The highest BCUT2D eigenvalue weighted by atomic mass is 16.5. The van der Waals surface area contributed by atoms with Crippen LogP contribution in [0.4, 0.5) is 16.2 Å². The van der Waals surface area contributed by atoms with E-state index in [-0.39, 0.29) is 18.5 Å². The molecule has 0 N–H and O–H groups in total. The van der Waals surface area contributed by atoms with Crippen LogP contribution in [0.25, 0.3) is 0 Å². The van der Waals surface area contributed by atoms with E-state index < -0.39 is 0 Å². The van der Waals surface area contributed by atoms with Gasteiger partial charge in [-0.2, -0.15) is 0 Å². The molecule has 0 saturated heterocycles. The van der Waals surface area contributed by atoms with Crippen LogP contribution in [0.15, 0.2) is 53.5 Å². The van der Waals surface area contributed by atoms with Crippen molar-refractivity contribution in [3.05, 3.63) is 54.1 Å². The van der Waals surface area contributed by atoms with Crippen LogP contribution in [0, 0.1) is 0 Å². The average Bonchev–Trinajstić information content (AvgIpc) is 2.76. The predicted molar refractivity (Wildman–Crippen MR) is 106 cm³/mol. The molecule has 5 rings (SSSR count). The molecular formula is C21H20N4O3. The second-order valence-electron chi connectivity index (χ2n) is 6.96. The lowest BCUT2D eigenvalue weighted by Gasteiger charge is -2.40. The normalized spacial score (nSPS) is 17.9. The highest BCUT2D eigenvalue weighted by molar-refractivity contribution is 6.20. The standard InChI is InChI=1S/C21H20N4O3/c26-19(23-12-13-28-18-9-4-3-8-17(18)23)14-25-16-7-2-1-6-15(16)20-22-10-5-11-24(20)21(25)27/h1-4,6-9H,5,10-14H2. The molecular weight excluding hydrogens is 356 g/mol. The zero-order chi connectivity index (χ0) is 19.1. The van der Waals surface area contributed by atoms with E-state index in [1.165, 1.54) is 0 Å². The average molecular weight is 376 g/mol. The number of benzene rings is 2. The van der Waals surface area contributed by atoms with E-state index in [9.17, 15) is 9.59 Å². The Balaban J connectivity index is 1.48. The largest absolute Gasteiger partial charge is 0.490 e. The molecule has 142 valence electrons. The number of hydrogen-bond donors (Lipinski definition) is 0. The second kappa shape index (κ2) is 6.67. The number of anilines is 2. The molecule has 0 unspecified atom stereocenters. The van der Waals surface area contributed by atoms with Gasteiger partial charge < -0.3 is 9.64 Å². The van der Waals surface area contributed by atoms with Gasteiger partial charge in [0, 0.05) is 18.7 Å². The van der Waals surface area contributed by atoms with Crippen molar-refractivity contribution in [3.8, 4) is 5.75 Å². The number of urea groups is 1. The minimum Gasteiger partial charge on any atom is -0.490 e. The molecule has 28 heavy (non-hydrogen) atoms. The van der Waals surface area contributed by atoms with Crippen LogP contribution in [-0.4, -0.2) is 55.5 Å². The molecule has 3 aliphatic heterocycles. The Kier molecular flexibility index (Phi) is 4.00. The molecule has 0 atom stereocenters. The number of hydrogen-bond acceptors (Lipinski definition) is 4. The van der Waals surface area contributed by atoms with Gasteiger partial charge >= 0.3 is 6.03 Å². The fourth-order valence-corrected chi connectivity index (χ4v) is 3.97. The molecule has 2 aromatic rings. The summed E-state index contributed by atoms with van der Waals surface area (Å²) < 4.78 is 5.64. The number of amidine groups is 1. The Morgan fingerprint density at radius 2 is 1.82 bits per heavy atom. The van der Waals surface area contributed by atoms with Gasteiger partial charge in [-0.1, -0.05) is 24.3 Å². The van der Waals surface area contributed by atoms with Gasteiger partial charge in [0.05, 0.1) is 17.9 Å². The maximum Gasteiger partial charge on any atom is 0.330 e. The molecule has 7 nitrogen and oxygen atoms in total. The number of fused-ring (bicyclic) bond motifs is 4. The summed E-state index contributed by atoms with van der Waals surface area (Å²) in [7, 11) is 0. The van der Waals surface area contributed by atoms with E-state index in [1.54, 1.807) is 14.7 Å². The smallest absolute Gasteiger partial charge is 0.330 e. The summed E-state index contributed by atoms with van der Waals surface area (Å²) in [6.07, 6.45) is 0.829. The Morgan fingerprint density at radius 3 is 2.71 bits per heavy atom. The van der Waals surface area contributed by atoms with Gasteiger partial charge in [-0.25, -0.2) is 4.79 Å². The molecule has 3 aliphatic rings. The first-order chi connectivity index (χ1) is 13.7. The number of rotatable bonds is 2. The summed E-state index contributed by atoms with van der Waals surface area (Å²) in [4.78, 5) is 35.9. The van der Waals surface area contributed by atoms with E-state index in [4.69, 9.17) is 4.74 Å². The Morgan fingerprint density at radius 1 is 1.04 bits per heavy atom. The molecule has 3 amide bonds. The zero-order valence-electron chi connectivity index (χ0n) is 15.4. The number of carbonyl (C=O) groups excluding carboxylic acids is 2. The minimum absolute atomic E-state index is 0.0199. The van der Waals surface area contributed by atoms with Crippen molar-refractivity contribution in [2.75, 3.05) is 42.6 Å². The van der Waals surface area contributed by atoms with Gasteiger partial charge in [-0.15, -0.1) is 0 Å². The summed E-state index contributed by atoms with van der Waals surface area (Å²) in [6.45, 7) is 2.23. The quantitative estimate of drug-likeness (QED) is 0.809. The molecule has 3 heterocycles. The highest BCUT2D eigenvalue weighted by Gasteiger charge is 2.38. The maximum absolute atomic E-state index is 13.2. The van der Waals surface area contributed by atoms with Crippen LogP contribution in [0.2, 0.25) is 0 Å². The summed E-state index contributed by atoms with van der Waals surface area (Å²) in [6, 6.07) is 14.9. The molecule has 0 bridgehead atoms. The van der Waals surface area contributed by atoms with E-state index in [0.717, 1.165) is 29.9 Å². The Hall–Kier alpha value is -3.35. The molecule has 0 radical (unpaired) electrons. The van der Waals surface area contributed by atoms with E-state index >= 15 is 0 Å². The number of aliphatic imine (C=N–C) groups is 1. The van der Waals surface area contributed by atoms with Crippen LogP contribution in [0.1, 0.15) is 12.0 Å². The fraction of sp³-hybridized carbons (Fsp3) is 0.286. The van der Waals surface area contributed by atoms with Crippen LogP contribution < -0.4 is 14.5 Å². The fourth-order valence-electron chi connectivity index (χ4n) is 3.97. The topological polar surface area (TPSA) is 65.5 Å². The number of carbonyl (C=O) groups is 2. The Bertz CT molecular complexity index is 987. The van der Waals surface area contributed by atoms with E-state index in [1.807, 2.05) is 48.5 Å². The lowest BCUT2D eigenvalue weighted by atomic mass is 10.1. The molecule has 0 saturated carbocycles. The summed E-state index contributed by atoms with van der Waals surface area (Å²) in [5, 5.41) is 0. The third kappa shape index (κ3) is 2.62. The van der Waals surface area contributed by atoms with Crippen LogP contribution >= 0.6 is 0 Å². The van der Waals surface area contributed by atoms with Gasteiger partial charge in [0.2, 0.25) is 5.91 Å². The molecule has 0 aliphatic carbocycles. The SMILES string of the molecule is O=C(CN1C(=O)N2CCCN=C2c2ccccc21)N1CCOc2ccccc21. The first-order valence-electron chi connectivity index (χ1n) is 9.49. The molecule has 7 heteroatoms. The van der Waals surface area contributed by atoms with Gasteiger partial charge in [0.1, 0.15) is 24.7 Å². The number of ether oxygens (including phenoxy) is 1. The summed E-state index contributed by atoms with van der Waals surface area (Å²) >= 11 is 0. The van der Waals surface area contributed by atoms with Gasteiger partial charge in [-0.05, 0) is 30.7 Å². The first-order valence-corrected chi connectivity index (χ1v) is 9.49.